The van der Waals surface area contributed by atoms with Crippen LogP contribution in [0.15, 0.2) is 29.2 Å². The number of carbonyl (C=O) groups is 3. The average Bonchev–Trinajstić information content (AvgIpc) is 2.44. The number of esters is 1. The molecule has 0 amide bonds. The van der Waals surface area contributed by atoms with Gasteiger partial charge in [0.15, 0.2) is 0 Å². The molecule has 132 valence electrons. The van der Waals surface area contributed by atoms with Crippen LogP contribution in [0.3, 0.4) is 0 Å². The summed E-state index contributed by atoms with van der Waals surface area (Å²) in [5, 5.41) is 9.39. The molecule has 0 fully saturated rings. The third kappa shape index (κ3) is 5.98. The largest absolute Gasteiger partial charge is 0.479 e. The fourth-order valence-corrected chi connectivity index (χ4v) is 2.51. The third-order valence-electron chi connectivity index (χ3n) is 2.99. The number of aliphatic carboxylic acids is 1. The van der Waals surface area contributed by atoms with Gasteiger partial charge in [-0.3, -0.25) is 4.79 Å². The zero-order valence-electron chi connectivity index (χ0n) is 14.3. The molecule has 1 aromatic rings. The van der Waals surface area contributed by atoms with E-state index in [1.807, 2.05) is 0 Å². The molecule has 6 nitrogen and oxygen atoms in total. The van der Waals surface area contributed by atoms with Crippen molar-refractivity contribution >= 4 is 29.5 Å². The Kier molecular flexibility index (Phi) is 6.57. The Hall–Kier alpha value is -1.86. The standard InChI is InChI=1S/C17H23NO5S/c1-11(19)10-24-13-7-5-12(6-8-13)9-17(18,14(20)21)15(22)23-16(2,3)4/h5-8H,9-10,18H2,1-4H3,(H,20,21). The first kappa shape index (κ1) is 20.2. The number of ether oxygens (including phenoxy) is 1. The predicted molar refractivity (Wildman–Crippen MR) is 92.0 cm³/mol. The SMILES string of the molecule is CC(=O)CSc1ccc(CC(N)(C(=O)O)C(=O)OC(C)(C)C)cc1. The molecule has 0 heterocycles. The Labute approximate surface area is 145 Å². The van der Waals surface area contributed by atoms with Crippen molar-refractivity contribution in [1.82, 2.24) is 0 Å². The number of carboxylic acid groups (broad SMARTS) is 1. The zero-order valence-corrected chi connectivity index (χ0v) is 15.1. The van der Waals surface area contributed by atoms with Gasteiger partial charge in [-0.25, -0.2) is 9.59 Å². The summed E-state index contributed by atoms with van der Waals surface area (Å²) in [7, 11) is 0. The summed E-state index contributed by atoms with van der Waals surface area (Å²) in [6.45, 7) is 6.45. The number of nitrogens with two attached hydrogens (primary N) is 1. The van der Waals surface area contributed by atoms with Gasteiger partial charge in [-0.1, -0.05) is 12.1 Å². The minimum absolute atomic E-state index is 0.0702. The van der Waals surface area contributed by atoms with Gasteiger partial charge >= 0.3 is 11.9 Å². The van der Waals surface area contributed by atoms with Crippen LogP contribution in [0.25, 0.3) is 0 Å². The Balaban J connectivity index is 2.90. The van der Waals surface area contributed by atoms with E-state index in [4.69, 9.17) is 10.5 Å². The second kappa shape index (κ2) is 7.81. The van der Waals surface area contributed by atoms with Gasteiger partial charge in [0.2, 0.25) is 5.54 Å². The molecule has 3 N–H and O–H groups in total. The third-order valence-corrected chi connectivity index (χ3v) is 4.15. The number of carbonyl (C=O) groups excluding carboxylic acids is 2. The predicted octanol–water partition coefficient (Wildman–Crippen LogP) is 2.03. The van der Waals surface area contributed by atoms with Crippen LogP contribution in [0.1, 0.15) is 33.3 Å². The summed E-state index contributed by atoms with van der Waals surface area (Å²) < 4.78 is 5.14. The number of ketones is 1. The molecule has 0 bridgehead atoms. The van der Waals surface area contributed by atoms with Crippen LogP contribution in [0.4, 0.5) is 0 Å². The normalized spacial score (nSPS) is 13.9. The van der Waals surface area contributed by atoms with Crippen molar-refractivity contribution in [2.24, 2.45) is 5.73 Å². The first-order valence-corrected chi connectivity index (χ1v) is 8.39. The smallest absolute Gasteiger partial charge is 0.338 e. The van der Waals surface area contributed by atoms with E-state index in [2.05, 4.69) is 0 Å². The molecule has 0 spiro atoms. The number of thioether (sulfide) groups is 1. The van der Waals surface area contributed by atoms with Gasteiger partial charge < -0.3 is 15.6 Å². The number of hydrogen-bond donors (Lipinski definition) is 2. The van der Waals surface area contributed by atoms with Crippen LogP contribution in [-0.2, 0) is 25.5 Å². The van der Waals surface area contributed by atoms with Crippen molar-refractivity contribution in [3.63, 3.8) is 0 Å². The molecule has 0 aliphatic carbocycles. The maximum Gasteiger partial charge on any atom is 0.338 e. The minimum Gasteiger partial charge on any atom is -0.479 e. The second-order valence-corrected chi connectivity index (χ2v) is 7.64. The van der Waals surface area contributed by atoms with Crippen molar-refractivity contribution in [3.8, 4) is 0 Å². The molecule has 0 saturated heterocycles. The molecule has 1 atom stereocenters. The number of rotatable bonds is 7. The van der Waals surface area contributed by atoms with E-state index in [9.17, 15) is 19.5 Å². The number of carboxylic acids is 1. The van der Waals surface area contributed by atoms with Crippen LogP contribution >= 0.6 is 11.8 Å². The second-order valence-electron chi connectivity index (χ2n) is 6.59. The van der Waals surface area contributed by atoms with Crippen molar-refractivity contribution in [1.29, 1.82) is 0 Å². The highest BCUT2D eigenvalue weighted by molar-refractivity contribution is 8.00. The molecule has 7 heteroatoms. The minimum atomic E-state index is -2.15. The quantitative estimate of drug-likeness (QED) is 0.439. The van der Waals surface area contributed by atoms with Gasteiger partial charge in [-0.05, 0) is 45.4 Å². The summed E-state index contributed by atoms with van der Waals surface area (Å²) in [6, 6.07) is 6.91. The highest BCUT2D eigenvalue weighted by Gasteiger charge is 2.45. The van der Waals surface area contributed by atoms with E-state index < -0.39 is 23.1 Å². The number of benzene rings is 1. The van der Waals surface area contributed by atoms with E-state index in [1.165, 1.54) is 18.7 Å². The molecule has 24 heavy (non-hydrogen) atoms. The molecule has 0 aliphatic rings. The summed E-state index contributed by atoms with van der Waals surface area (Å²) in [5.41, 5.74) is 3.45. The van der Waals surface area contributed by atoms with E-state index in [0.29, 0.717) is 11.3 Å². The Morgan fingerprint density at radius 1 is 1.17 bits per heavy atom. The number of Topliss-reactive ketones (excluding diaryl/α,β-unsaturated/α-hetero) is 1. The van der Waals surface area contributed by atoms with Crippen molar-refractivity contribution in [2.75, 3.05) is 5.75 Å². The lowest BCUT2D eigenvalue weighted by atomic mass is 9.91. The fourth-order valence-electron chi connectivity index (χ4n) is 1.81. The maximum atomic E-state index is 12.2. The molecule has 1 rings (SSSR count). The molecular weight excluding hydrogens is 330 g/mol. The molecule has 0 aromatic heterocycles. The van der Waals surface area contributed by atoms with Crippen LogP contribution in [0.5, 0.6) is 0 Å². The zero-order chi connectivity index (χ0) is 18.5. The van der Waals surface area contributed by atoms with Crippen LogP contribution in [-0.4, -0.2) is 39.7 Å². The van der Waals surface area contributed by atoms with Gasteiger partial charge in [0.05, 0.1) is 5.75 Å². The van der Waals surface area contributed by atoms with Crippen LogP contribution < -0.4 is 5.73 Å². The van der Waals surface area contributed by atoms with E-state index in [1.54, 1.807) is 45.0 Å². The monoisotopic (exact) mass is 353 g/mol. The van der Waals surface area contributed by atoms with Crippen molar-refractivity contribution < 1.29 is 24.2 Å². The molecule has 0 aliphatic heterocycles. The average molecular weight is 353 g/mol. The van der Waals surface area contributed by atoms with Gasteiger partial charge in [-0.2, -0.15) is 0 Å². The van der Waals surface area contributed by atoms with Gasteiger partial charge in [0.1, 0.15) is 11.4 Å². The van der Waals surface area contributed by atoms with E-state index >= 15 is 0 Å². The van der Waals surface area contributed by atoms with Gasteiger partial charge in [0.25, 0.3) is 0 Å². The highest BCUT2D eigenvalue weighted by atomic mass is 32.2. The topological polar surface area (TPSA) is 107 Å². The molecule has 0 saturated carbocycles. The molecule has 1 aromatic carbocycles. The maximum absolute atomic E-state index is 12.2. The van der Waals surface area contributed by atoms with Crippen molar-refractivity contribution in [3.05, 3.63) is 29.8 Å². The number of hydrogen-bond acceptors (Lipinski definition) is 6. The molecular formula is C17H23NO5S. The van der Waals surface area contributed by atoms with Crippen LogP contribution in [0.2, 0.25) is 0 Å². The molecule has 0 radical (unpaired) electrons. The first-order valence-electron chi connectivity index (χ1n) is 7.41. The van der Waals surface area contributed by atoms with Gasteiger partial charge in [0, 0.05) is 11.3 Å². The lowest BCUT2D eigenvalue weighted by Gasteiger charge is -2.28. The van der Waals surface area contributed by atoms with E-state index in [0.717, 1.165) is 4.90 Å². The van der Waals surface area contributed by atoms with Crippen LogP contribution in [0, 0.1) is 0 Å². The Morgan fingerprint density at radius 2 is 1.71 bits per heavy atom. The van der Waals surface area contributed by atoms with Crippen molar-refractivity contribution in [2.45, 2.75) is 50.2 Å². The molecule has 1 unspecified atom stereocenters. The summed E-state index contributed by atoms with van der Waals surface area (Å²) in [4.78, 5) is 35.6. The fraction of sp³-hybridized carbons (Fsp3) is 0.471. The summed E-state index contributed by atoms with van der Waals surface area (Å²) in [5.74, 6) is -1.97. The lowest BCUT2D eigenvalue weighted by molar-refractivity contribution is -0.169. The first-order chi connectivity index (χ1) is 10.9. The lowest BCUT2D eigenvalue weighted by Crippen LogP contribution is -2.58. The Morgan fingerprint density at radius 3 is 2.12 bits per heavy atom. The summed E-state index contributed by atoms with van der Waals surface area (Å²) in [6.07, 6.45) is -0.186. The Bertz CT molecular complexity index is 621. The summed E-state index contributed by atoms with van der Waals surface area (Å²) >= 11 is 1.39. The highest BCUT2D eigenvalue weighted by Crippen LogP contribution is 2.22. The van der Waals surface area contributed by atoms with E-state index in [-0.39, 0.29) is 12.2 Å². The van der Waals surface area contributed by atoms with Gasteiger partial charge in [-0.15, -0.1) is 11.8 Å².